The maximum absolute atomic E-state index is 14.1. The Morgan fingerprint density at radius 3 is 2.63 bits per heavy atom. The second kappa shape index (κ2) is 6.09. The van der Waals surface area contributed by atoms with E-state index >= 15 is 0 Å². The first-order chi connectivity index (χ1) is 13.0. The number of carbonyl (C=O) groups is 2. The predicted molar refractivity (Wildman–Crippen MR) is 95.0 cm³/mol. The molecule has 0 radical (unpaired) electrons. The second-order valence-electron chi connectivity index (χ2n) is 8.52. The van der Waals surface area contributed by atoms with E-state index in [9.17, 15) is 19.1 Å². The Morgan fingerprint density at radius 2 is 1.93 bits per heavy atom. The average Bonchev–Trinajstić information content (AvgIpc) is 3.34. The van der Waals surface area contributed by atoms with Crippen molar-refractivity contribution in [1.82, 2.24) is 14.7 Å². The van der Waals surface area contributed by atoms with Gasteiger partial charge in [-0.25, -0.2) is 4.39 Å². The summed E-state index contributed by atoms with van der Waals surface area (Å²) in [5, 5.41) is 10.2. The molecule has 0 aromatic heterocycles. The molecule has 1 spiro atoms. The van der Waals surface area contributed by atoms with E-state index < -0.39 is 23.5 Å². The first-order valence-electron chi connectivity index (χ1n) is 9.74. The summed E-state index contributed by atoms with van der Waals surface area (Å²) in [6, 6.07) is 5.76. The van der Waals surface area contributed by atoms with E-state index in [-0.39, 0.29) is 18.4 Å². The van der Waals surface area contributed by atoms with Gasteiger partial charge in [-0.05, 0) is 31.2 Å². The highest BCUT2D eigenvalue weighted by Crippen LogP contribution is 2.42. The molecular formula is C20H24FN3O3. The van der Waals surface area contributed by atoms with Gasteiger partial charge in [0.1, 0.15) is 11.4 Å². The molecule has 1 saturated carbocycles. The summed E-state index contributed by atoms with van der Waals surface area (Å²) in [5.41, 5.74) is -0.411. The number of imide groups is 1. The van der Waals surface area contributed by atoms with E-state index in [4.69, 9.17) is 0 Å². The number of piperazine rings is 1. The van der Waals surface area contributed by atoms with Crippen molar-refractivity contribution in [3.8, 4) is 0 Å². The van der Waals surface area contributed by atoms with Crippen LogP contribution < -0.4 is 0 Å². The van der Waals surface area contributed by atoms with Crippen LogP contribution in [0.2, 0.25) is 0 Å². The molecule has 1 aliphatic carbocycles. The largest absolute Gasteiger partial charge is 0.392 e. The van der Waals surface area contributed by atoms with Crippen molar-refractivity contribution in [1.29, 1.82) is 0 Å². The zero-order valence-corrected chi connectivity index (χ0v) is 15.2. The molecule has 4 aliphatic rings. The summed E-state index contributed by atoms with van der Waals surface area (Å²) in [7, 11) is 0. The molecule has 7 heteroatoms. The van der Waals surface area contributed by atoms with Crippen LogP contribution in [0.4, 0.5) is 4.39 Å². The monoisotopic (exact) mass is 373 g/mol. The minimum Gasteiger partial charge on any atom is -0.392 e. The molecule has 6 nitrogen and oxygen atoms in total. The molecule has 2 atom stereocenters. The van der Waals surface area contributed by atoms with E-state index in [0.717, 1.165) is 12.5 Å². The van der Waals surface area contributed by atoms with Crippen LogP contribution >= 0.6 is 0 Å². The summed E-state index contributed by atoms with van der Waals surface area (Å²) >= 11 is 0. The van der Waals surface area contributed by atoms with Gasteiger partial charge in [0.05, 0.1) is 18.7 Å². The summed E-state index contributed by atoms with van der Waals surface area (Å²) in [5.74, 6) is -0.235. The Hall–Kier alpha value is -1.83. The molecule has 5 rings (SSSR count). The highest BCUT2D eigenvalue weighted by Gasteiger charge is 2.64. The summed E-state index contributed by atoms with van der Waals surface area (Å²) < 4.78 is 14.1. The van der Waals surface area contributed by atoms with Crippen LogP contribution in [0.1, 0.15) is 24.8 Å². The zero-order valence-electron chi connectivity index (χ0n) is 15.2. The van der Waals surface area contributed by atoms with Crippen molar-refractivity contribution >= 4 is 11.8 Å². The molecule has 1 aromatic rings. The highest BCUT2D eigenvalue weighted by atomic mass is 19.1. The molecule has 3 heterocycles. The van der Waals surface area contributed by atoms with Crippen molar-refractivity contribution in [2.75, 3.05) is 26.2 Å². The quantitative estimate of drug-likeness (QED) is 0.783. The van der Waals surface area contributed by atoms with Crippen molar-refractivity contribution in [3.63, 3.8) is 0 Å². The van der Waals surface area contributed by atoms with E-state index in [0.29, 0.717) is 31.6 Å². The molecule has 3 saturated heterocycles. The molecule has 1 aromatic carbocycles. The van der Waals surface area contributed by atoms with Gasteiger partial charge >= 0.3 is 0 Å². The van der Waals surface area contributed by atoms with E-state index in [1.165, 1.54) is 23.8 Å². The van der Waals surface area contributed by atoms with Gasteiger partial charge in [0.25, 0.3) is 5.91 Å². The van der Waals surface area contributed by atoms with Gasteiger partial charge in [-0.1, -0.05) is 18.2 Å². The Morgan fingerprint density at radius 1 is 1.19 bits per heavy atom. The molecule has 2 amide bonds. The maximum Gasteiger partial charge on any atom is 0.252 e. The van der Waals surface area contributed by atoms with E-state index in [1.807, 2.05) is 4.90 Å². The number of hydrogen-bond acceptors (Lipinski definition) is 5. The average molecular weight is 373 g/mol. The lowest BCUT2D eigenvalue weighted by Gasteiger charge is -2.58. The van der Waals surface area contributed by atoms with Crippen LogP contribution in [0, 0.1) is 11.7 Å². The lowest BCUT2D eigenvalue weighted by molar-refractivity contribution is -0.181. The third kappa shape index (κ3) is 2.71. The third-order valence-corrected chi connectivity index (χ3v) is 6.49. The van der Waals surface area contributed by atoms with Gasteiger partial charge in [0.2, 0.25) is 5.91 Å². The molecule has 1 N–H and O–H groups in total. The number of benzene rings is 1. The normalized spacial score (nSPS) is 30.7. The first-order valence-corrected chi connectivity index (χ1v) is 9.74. The van der Waals surface area contributed by atoms with Crippen molar-refractivity contribution in [2.24, 2.45) is 5.92 Å². The summed E-state index contributed by atoms with van der Waals surface area (Å²) in [6.45, 7) is 2.48. The van der Waals surface area contributed by atoms with Crippen LogP contribution in [-0.2, 0) is 16.1 Å². The molecule has 2 unspecified atom stereocenters. The van der Waals surface area contributed by atoms with Crippen molar-refractivity contribution in [2.45, 2.75) is 43.5 Å². The fourth-order valence-electron chi connectivity index (χ4n) is 4.93. The van der Waals surface area contributed by atoms with Crippen molar-refractivity contribution in [3.05, 3.63) is 35.6 Å². The number of halogens is 1. The Balaban J connectivity index is 1.43. The number of fused-ring (bicyclic) bond motifs is 2. The van der Waals surface area contributed by atoms with Gasteiger partial charge in [-0.15, -0.1) is 0 Å². The molecule has 27 heavy (non-hydrogen) atoms. The van der Waals surface area contributed by atoms with Crippen molar-refractivity contribution < 1.29 is 19.1 Å². The minimum absolute atomic E-state index is 0.0465. The zero-order chi connectivity index (χ0) is 18.8. The fourth-order valence-corrected chi connectivity index (χ4v) is 4.93. The number of carbonyl (C=O) groups excluding carboxylic acids is 2. The Bertz CT molecular complexity index is 790. The van der Waals surface area contributed by atoms with Gasteiger partial charge in [0, 0.05) is 31.7 Å². The molecular weight excluding hydrogens is 349 g/mol. The van der Waals surface area contributed by atoms with Crippen LogP contribution in [-0.4, -0.2) is 75.5 Å². The van der Waals surface area contributed by atoms with Gasteiger partial charge in [-0.2, -0.15) is 0 Å². The molecule has 4 fully saturated rings. The number of nitrogens with zero attached hydrogens (tertiary/aromatic N) is 3. The third-order valence-electron chi connectivity index (χ3n) is 6.49. The standard InChI is InChI=1S/C20H24FN3O3/c21-16-4-2-1-3-14(16)9-23-18(26)17-7-15(25)10-24(17)20(19(23)27)11-22(12-20)8-13-5-6-13/h1-4,13,15,17,25H,5-12H2. The van der Waals surface area contributed by atoms with Crippen LogP contribution in [0.15, 0.2) is 24.3 Å². The number of likely N-dealkylation sites (tertiary alicyclic amines) is 1. The van der Waals surface area contributed by atoms with Gasteiger partial charge < -0.3 is 5.11 Å². The Labute approximate surface area is 157 Å². The summed E-state index contributed by atoms with van der Waals surface area (Å²) in [6.07, 6.45) is 2.24. The highest BCUT2D eigenvalue weighted by molar-refractivity contribution is 6.06. The van der Waals surface area contributed by atoms with Gasteiger partial charge in [0.15, 0.2) is 0 Å². The van der Waals surface area contributed by atoms with E-state index in [2.05, 4.69) is 4.90 Å². The predicted octanol–water partition coefficient (Wildman–Crippen LogP) is 0.594. The molecule has 3 aliphatic heterocycles. The molecule has 0 bridgehead atoms. The molecule has 144 valence electrons. The van der Waals surface area contributed by atoms with Crippen LogP contribution in [0.3, 0.4) is 0 Å². The smallest absolute Gasteiger partial charge is 0.252 e. The minimum atomic E-state index is -0.754. The topological polar surface area (TPSA) is 64.1 Å². The van der Waals surface area contributed by atoms with Crippen LogP contribution in [0.5, 0.6) is 0 Å². The number of rotatable bonds is 4. The van der Waals surface area contributed by atoms with Gasteiger partial charge in [-0.3, -0.25) is 24.3 Å². The number of aliphatic hydroxyl groups is 1. The summed E-state index contributed by atoms with van der Waals surface area (Å²) in [4.78, 5) is 31.8. The number of aliphatic hydroxyl groups excluding tert-OH is 1. The number of hydrogen-bond donors (Lipinski definition) is 1. The maximum atomic E-state index is 14.1. The van der Waals surface area contributed by atoms with E-state index in [1.54, 1.807) is 18.2 Å². The fraction of sp³-hybridized carbons (Fsp3) is 0.600. The van der Waals surface area contributed by atoms with Crippen LogP contribution in [0.25, 0.3) is 0 Å². The Kier molecular flexibility index (Phi) is 3.90. The SMILES string of the molecule is O=C1C2CC(O)CN2C2(CN(CC3CC3)C2)C(=O)N1Cc1ccccc1F. The lowest BCUT2D eigenvalue weighted by Crippen LogP contribution is -2.81. The second-order valence-corrected chi connectivity index (χ2v) is 8.52. The lowest BCUT2D eigenvalue weighted by atomic mass is 9.82. The number of amides is 2. The first kappa shape index (κ1) is 17.3. The number of β-amino-alcohol motifs (C(OH)–C–C–N with tert-alkyl or cyclic N) is 1.